The molecule has 1 heterocycles. The van der Waals surface area contributed by atoms with Gasteiger partial charge < -0.3 is 10.1 Å². The number of benzene rings is 3. The normalized spacial score (nSPS) is 16.2. The number of morpholine rings is 1. The zero-order valence-corrected chi connectivity index (χ0v) is 18.5. The molecule has 162 valence electrons. The van der Waals surface area contributed by atoms with E-state index in [9.17, 15) is 13.2 Å². The highest BCUT2D eigenvalue weighted by molar-refractivity contribution is 7.89. The van der Waals surface area contributed by atoms with E-state index in [2.05, 4.69) is 11.4 Å². The molecule has 3 aromatic rings. The summed E-state index contributed by atoms with van der Waals surface area (Å²) in [5.41, 5.74) is 2.08. The lowest BCUT2D eigenvalue weighted by atomic mass is 10.0. The molecular weight excluding hydrogens is 412 g/mol. The summed E-state index contributed by atoms with van der Waals surface area (Å²) in [6, 6.07) is 18.7. The molecule has 0 saturated carbocycles. The van der Waals surface area contributed by atoms with Gasteiger partial charge in [-0.1, -0.05) is 42.5 Å². The Kier molecular flexibility index (Phi) is 6.09. The van der Waals surface area contributed by atoms with Gasteiger partial charge in [0.25, 0.3) is 5.91 Å². The van der Waals surface area contributed by atoms with Crippen LogP contribution in [0.25, 0.3) is 10.8 Å². The number of nitrogens with zero attached hydrogens (tertiary/aromatic N) is 1. The zero-order chi connectivity index (χ0) is 22.0. The lowest BCUT2D eigenvalue weighted by molar-refractivity contribution is 0.0730. The van der Waals surface area contributed by atoms with Gasteiger partial charge in [0.1, 0.15) is 0 Å². The highest BCUT2D eigenvalue weighted by Gasteiger charge is 2.27. The summed E-state index contributed by atoms with van der Waals surface area (Å²) >= 11 is 0. The molecule has 1 unspecified atom stereocenters. The topological polar surface area (TPSA) is 75.7 Å². The van der Waals surface area contributed by atoms with Gasteiger partial charge in [-0.2, -0.15) is 4.31 Å². The third-order valence-electron chi connectivity index (χ3n) is 5.68. The molecule has 1 N–H and O–H groups in total. The number of carbonyl (C=O) groups excluding carboxylic acids is 1. The molecule has 1 aliphatic rings. The second-order valence-corrected chi connectivity index (χ2v) is 9.73. The average molecular weight is 439 g/mol. The van der Waals surface area contributed by atoms with Crippen LogP contribution in [0.5, 0.6) is 0 Å². The number of hydrogen-bond acceptors (Lipinski definition) is 4. The Balaban J connectivity index is 1.56. The van der Waals surface area contributed by atoms with Gasteiger partial charge in [-0.15, -0.1) is 0 Å². The summed E-state index contributed by atoms with van der Waals surface area (Å²) in [5, 5.41) is 5.26. The Morgan fingerprint density at radius 3 is 2.45 bits per heavy atom. The number of amides is 1. The summed E-state index contributed by atoms with van der Waals surface area (Å²) in [5.74, 6) is -0.294. The maximum Gasteiger partial charge on any atom is 0.252 e. The summed E-state index contributed by atoms with van der Waals surface area (Å²) in [6.07, 6.45) is 0. The Labute approximate surface area is 182 Å². The second-order valence-electron chi connectivity index (χ2n) is 7.79. The van der Waals surface area contributed by atoms with Crippen molar-refractivity contribution in [3.63, 3.8) is 0 Å². The lowest BCUT2D eigenvalue weighted by Crippen LogP contribution is -2.40. The second kappa shape index (κ2) is 8.78. The van der Waals surface area contributed by atoms with Crippen LogP contribution in [0.15, 0.2) is 65.6 Å². The molecule has 0 aromatic heterocycles. The molecular formula is C24H26N2O4S. The number of fused-ring (bicyclic) bond motifs is 1. The third-order valence-corrected chi connectivity index (χ3v) is 7.58. The number of nitrogens with one attached hydrogen (secondary N) is 1. The van der Waals surface area contributed by atoms with Crippen molar-refractivity contribution in [1.82, 2.24) is 9.62 Å². The van der Waals surface area contributed by atoms with E-state index in [4.69, 9.17) is 4.74 Å². The molecule has 0 aliphatic carbocycles. The van der Waals surface area contributed by atoms with Crippen LogP contribution in [-0.2, 0) is 14.8 Å². The Bertz CT molecular complexity index is 1220. The summed E-state index contributed by atoms with van der Waals surface area (Å²) in [7, 11) is -3.67. The van der Waals surface area contributed by atoms with Gasteiger partial charge >= 0.3 is 0 Å². The van der Waals surface area contributed by atoms with Crippen LogP contribution in [0.2, 0.25) is 0 Å². The van der Waals surface area contributed by atoms with Crippen LogP contribution in [0.1, 0.15) is 34.5 Å². The fourth-order valence-electron chi connectivity index (χ4n) is 3.78. The van der Waals surface area contributed by atoms with Crippen LogP contribution in [0.3, 0.4) is 0 Å². The van der Waals surface area contributed by atoms with Crippen LogP contribution in [-0.4, -0.2) is 44.9 Å². The van der Waals surface area contributed by atoms with E-state index in [1.165, 1.54) is 10.4 Å². The first-order valence-electron chi connectivity index (χ1n) is 10.3. The highest BCUT2D eigenvalue weighted by atomic mass is 32.2. The van der Waals surface area contributed by atoms with Crippen molar-refractivity contribution in [2.45, 2.75) is 24.8 Å². The molecule has 1 fully saturated rings. The molecule has 4 rings (SSSR count). The summed E-state index contributed by atoms with van der Waals surface area (Å²) in [4.78, 5) is 13.2. The predicted molar refractivity (Wildman–Crippen MR) is 121 cm³/mol. The third kappa shape index (κ3) is 4.49. The first-order chi connectivity index (χ1) is 14.9. The number of rotatable bonds is 5. The zero-order valence-electron chi connectivity index (χ0n) is 17.7. The molecule has 1 atom stereocenters. The fraction of sp³-hybridized carbons (Fsp3) is 0.292. The molecule has 0 bridgehead atoms. The van der Waals surface area contributed by atoms with Crippen molar-refractivity contribution in [3.05, 3.63) is 77.4 Å². The van der Waals surface area contributed by atoms with E-state index in [-0.39, 0.29) is 16.8 Å². The fourth-order valence-corrected chi connectivity index (χ4v) is 5.21. The van der Waals surface area contributed by atoms with Crippen molar-refractivity contribution in [3.8, 4) is 0 Å². The van der Waals surface area contributed by atoms with E-state index < -0.39 is 10.0 Å². The van der Waals surface area contributed by atoms with Crippen LogP contribution < -0.4 is 5.32 Å². The van der Waals surface area contributed by atoms with E-state index in [1.54, 1.807) is 19.1 Å². The number of carbonyl (C=O) groups is 1. The minimum absolute atomic E-state index is 0.128. The van der Waals surface area contributed by atoms with Gasteiger partial charge in [0.05, 0.1) is 24.2 Å². The molecule has 0 spiro atoms. The summed E-state index contributed by atoms with van der Waals surface area (Å²) in [6.45, 7) is 5.11. The van der Waals surface area contributed by atoms with Gasteiger partial charge in [-0.05, 0) is 53.9 Å². The van der Waals surface area contributed by atoms with Gasteiger partial charge in [0.2, 0.25) is 10.0 Å². The van der Waals surface area contributed by atoms with Gasteiger partial charge in [0.15, 0.2) is 0 Å². The number of sulfonamides is 1. The minimum atomic E-state index is -3.67. The Hall–Kier alpha value is -2.74. The highest BCUT2D eigenvalue weighted by Crippen LogP contribution is 2.23. The first kappa shape index (κ1) is 21.5. The first-order valence-corrected chi connectivity index (χ1v) is 11.8. The smallest absolute Gasteiger partial charge is 0.252 e. The van der Waals surface area contributed by atoms with Crippen molar-refractivity contribution in [1.29, 1.82) is 0 Å². The Morgan fingerprint density at radius 2 is 1.71 bits per heavy atom. The van der Waals surface area contributed by atoms with Crippen molar-refractivity contribution in [2.75, 3.05) is 26.3 Å². The SMILES string of the molecule is Cc1ccc(S(=O)(=O)N2CCOCC2)cc1C(=O)NC(C)c1ccc2ccccc2c1. The molecule has 3 aromatic carbocycles. The standard InChI is InChI=1S/C24H26N2O4S/c1-17-7-10-22(31(28,29)26-11-13-30-14-12-26)16-23(17)24(27)25-18(2)20-9-8-19-5-3-4-6-21(19)15-20/h3-10,15-16,18H,11-14H2,1-2H3,(H,25,27). The van der Waals surface area contributed by atoms with E-state index in [1.807, 2.05) is 43.3 Å². The number of hydrogen-bond donors (Lipinski definition) is 1. The minimum Gasteiger partial charge on any atom is -0.379 e. The number of ether oxygens (including phenoxy) is 1. The molecule has 1 saturated heterocycles. The van der Waals surface area contributed by atoms with Gasteiger partial charge in [0, 0.05) is 18.7 Å². The number of aryl methyl sites for hydroxylation is 1. The molecule has 6 nitrogen and oxygen atoms in total. The van der Waals surface area contributed by atoms with E-state index in [0.29, 0.717) is 31.9 Å². The van der Waals surface area contributed by atoms with Crippen LogP contribution in [0, 0.1) is 6.92 Å². The average Bonchev–Trinajstić information content (AvgIpc) is 2.79. The van der Waals surface area contributed by atoms with Crippen molar-refractivity contribution in [2.24, 2.45) is 0 Å². The molecule has 31 heavy (non-hydrogen) atoms. The van der Waals surface area contributed by atoms with Crippen LogP contribution >= 0.6 is 0 Å². The maximum atomic E-state index is 13.0. The van der Waals surface area contributed by atoms with Crippen molar-refractivity contribution >= 4 is 26.7 Å². The largest absolute Gasteiger partial charge is 0.379 e. The van der Waals surface area contributed by atoms with Gasteiger partial charge in [-0.3, -0.25) is 4.79 Å². The molecule has 7 heteroatoms. The Morgan fingerprint density at radius 1 is 1.00 bits per heavy atom. The summed E-state index contributed by atoms with van der Waals surface area (Å²) < 4.78 is 32.6. The predicted octanol–water partition coefficient (Wildman–Crippen LogP) is 3.66. The molecule has 1 aliphatic heterocycles. The monoisotopic (exact) mass is 438 g/mol. The van der Waals surface area contributed by atoms with Crippen molar-refractivity contribution < 1.29 is 17.9 Å². The lowest BCUT2D eigenvalue weighted by Gasteiger charge is -2.26. The quantitative estimate of drug-likeness (QED) is 0.660. The van der Waals surface area contributed by atoms with E-state index >= 15 is 0 Å². The maximum absolute atomic E-state index is 13.0. The molecule has 0 radical (unpaired) electrons. The molecule has 1 amide bonds. The van der Waals surface area contributed by atoms with Gasteiger partial charge in [-0.25, -0.2) is 8.42 Å². The van der Waals surface area contributed by atoms with Crippen LogP contribution in [0.4, 0.5) is 0 Å². The van der Waals surface area contributed by atoms with E-state index in [0.717, 1.165) is 21.9 Å².